The van der Waals surface area contributed by atoms with E-state index in [2.05, 4.69) is 0 Å². The van der Waals surface area contributed by atoms with Gasteiger partial charge in [-0.15, -0.1) is 0 Å². The predicted molar refractivity (Wildman–Crippen MR) is 61.9 cm³/mol. The Morgan fingerprint density at radius 2 is 1.31 bits per heavy atom. The van der Waals surface area contributed by atoms with Crippen molar-refractivity contribution in [2.24, 2.45) is 0 Å². The first-order chi connectivity index (χ1) is 7.27. The molecule has 2 aromatic carbocycles. The van der Waals surface area contributed by atoms with E-state index < -0.39 is 0 Å². The maximum Gasteiger partial charge on any atom is 1.00 e. The molecule has 0 atom stereocenters. The molecule has 0 amide bonds. The molecule has 1 nitrogen and oxygen atoms in total. The monoisotopic (exact) mass is 236 g/mol. The van der Waals surface area contributed by atoms with Crippen molar-refractivity contribution in [1.82, 2.24) is 0 Å². The number of rotatable bonds is 2. The van der Waals surface area contributed by atoms with Gasteiger partial charge in [0, 0.05) is 11.1 Å². The maximum atomic E-state index is 11.9. The van der Waals surface area contributed by atoms with Gasteiger partial charge in [0.15, 0.2) is 5.78 Å². The van der Waals surface area contributed by atoms with E-state index in [0.717, 1.165) is 4.90 Å². The van der Waals surface area contributed by atoms with Gasteiger partial charge in [-0.2, -0.15) is 4.90 Å². The first kappa shape index (κ1) is 13.4. The zero-order valence-electron chi connectivity index (χ0n) is 9.01. The van der Waals surface area contributed by atoms with Crippen LogP contribution in [-0.4, -0.2) is 5.78 Å². The second-order valence-corrected chi connectivity index (χ2v) is 3.69. The van der Waals surface area contributed by atoms with Crippen molar-refractivity contribution in [3.8, 4) is 0 Å². The molecule has 16 heavy (non-hydrogen) atoms. The van der Waals surface area contributed by atoms with Gasteiger partial charge in [0.05, 0.1) is 0 Å². The minimum Gasteiger partial charge on any atom is -0.780 e. The van der Waals surface area contributed by atoms with Crippen molar-refractivity contribution in [1.29, 1.82) is 0 Å². The van der Waals surface area contributed by atoms with E-state index in [1.165, 1.54) is 0 Å². The van der Waals surface area contributed by atoms with Crippen LogP contribution < -0.4 is 29.6 Å². The van der Waals surface area contributed by atoms with Crippen LogP contribution in [0.15, 0.2) is 59.5 Å². The van der Waals surface area contributed by atoms with E-state index in [1.54, 1.807) is 24.3 Å². The second-order valence-electron chi connectivity index (χ2n) is 3.22. The molecule has 0 aliphatic rings. The molecular formula is C13H9NaOS. The van der Waals surface area contributed by atoms with E-state index in [-0.39, 0.29) is 35.3 Å². The van der Waals surface area contributed by atoms with Crippen LogP contribution in [0, 0.1) is 0 Å². The first-order valence-corrected chi connectivity index (χ1v) is 5.05. The van der Waals surface area contributed by atoms with Crippen LogP contribution in [0.3, 0.4) is 0 Å². The summed E-state index contributed by atoms with van der Waals surface area (Å²) in [5.74, 6) is 0.0330. The molecule has 74 valence electrons. The Bertz CT molecular complexity index is 465. The molecule has 0 aliphatic heterocycles. The van der Waals surface area contributed by atoms with E-state index in [4.69, 9.17) is 12.6 Å². The van der Waals surface area contributed by atoms with Crippen LogP contribution in [0.2, 0.25) is 0 Å². The van der Waals surface area contributed by atoms with Crippen molar-refractivity contribution in [3.05, 3.63) is 65.7 Å². The van der Waals surface area contributed by atoms with Crippen molar-refractivity contribution < 1.29 is 34.4 Å². The molecule has 2 aromatic rings. The molecule has 0 heterocycles. The number of hydrogen-bond donors (Lipinski definition) is 0. The third-order valence-electron chi connectivity index (χ3n) is 2.15. The molecule has 3 heteroatoms. The van der Waals surface area contributed by atoms with Gasteiger partial charge in [0.2, 0.25) is 0 Å². The molecule has 2 rings (SSSR count). The number of benzene rings is 2. The van der Waals surface area contributed by atoms with Crippen LogP contribution in [-0.2, 0) is 12.6 Å². The normalized spacial score (nSPS) is 9.25. The van der Waals surface area contributed by atoms with Gasteiger partial charge in [-0.05, 0) is 0 Å². The van der Waals surface area contributed by atoms with Crippen molar-refractivity contribution >= 4 is 18.4 Å². The number of carbonyl (C=O) groups excluding carboxylic acids is 1. The summed E-state index contributed by atoms with van der Waals surface area (Å²) in [6.45, 7) is 0. The number of carbonyl (C=O) groups is 1. The molecule has 0 aliphatic carbocycles. The third-order valence-corrected chi connectivity index (χ3v) is 2.42. The van der Waals surface area contributed by atoms with Crippen LogP contribution >= 0.6 is 0 Å². The fourth-order valence-electron chi connectivity index (χ4n) is 1.36. The molecule has 0 N–H and O–H groups in total. The Hall–Kier alpha value is -0.670. The summed E-state index contributed by atoms with van der Waals surface area (Å²) in [7, 11) is 0. The fraction of sp³-hybridized carbons (Fsp3) is 0. The fourth-order valence-corrected chi connectivity index (χ4v) is 1.50. The Labute approximate surface area is 123 Å². The zero-order chi connectivity index (χ0) is 10.7. The van der Waals surface area contributed by atoms with Crippen LogP contribution in [0.4, 0.5) is 0 Å². The van der Waals surface area contributed by atoms with Gasteiger partial charge in [-0.1, -0.05) is 54.6 Å². The summed E-state index contributed by atoms with van der Waals surface area (Å²) in [6.07, 6.45) is 0. The third kappa shape index (κ3) is 3.16. The van der Waals surface area contributed by atoms with E-state index >= 15 is 0 Å². The topological polar surface area (TPSA) is 17.1 Å². The van der Waals surface area contributed by atoms with Gasteiger partial charge >= 0.3 is 29.6 Å². The van der Waals surface area contributed by atoms with Crippen LogP contribution in [0.5, 0.6) is 0 Å². The Balaban J connectivity index is 0.00000128. The predicted octanol–water partition coefficient (Wildman–Crippen LogP) is -0.173. The Morgan fingerprint density at radius 3 is 1.88 bits per heavy atom. The molecule has 0 unspecified atom stereocenters. The van der Waals surface area contributed by atoms with Gasteiger partial charge in [-0.25, -0.2) is 0 Å². The standard InChI is InChI=1S/C13H10OS.Na/c14-13(10-4-2-1-3-5-10)11-6-8-12(15)9-7-11;/h1-9,15H;/q;+1/p-1. The van der Waals surface area contributed by atoms with E-state index in [9.17, 15) is 4.79 Å². The smallest absolute Gasteiger partial charge is 0.780 e. The van der Waals surface area contributed by atoms with E-state index in [0.29, 0.717) is 11.1 Å². The number of ketones is 1. The van der Waals surface area contributed by atoms with Gasteiger partial charge in [-0.3, -0.25) is 4.79 Å². The van der Waals surface area contributed by atoms with Gasteiger partial charge in [0.1, 0.15) is 0 Å². The molecule has 0 radical (unpaired) electrons. The molecule has 0 saturated heterocycles. The van der Waals surface area contributed by atoms with Crippen molar-refractivity contribution in [3.63, 3.8) is 0 Å². The quantitative estimate of drug-likeness (QED) is 0.409. The summed E-state index contributed by atoms with van der Waals surface area (Å²) < 4.78 is 0. The maximum absolute atomic E-state index is 11.9. The average Bonchev–Trinajstić information content (AvgIpc) is 2.30. The van der Waals surface area contributed by atoms with Crippen molar-refractivity contribution in [2.45, 2.75) is 4.90 Å². The molecule has 0 bridgehead atoms. The van der Waals surface area contributed by atoms with Gasteiger partial charge < -0.3 is 12.6 Å². The molecule has 0 saturated carbocycles. The first-order valence-electron chi connectivity index (χ1n) is 4.64. The minimum absolute atomic E-state index is 0. The van der Waals surface area contributed by atoms with Crippen LogP contribution in [0.1, 0.15) is 15.9 Å². The van der Waals surface area contributed by atoms with Crippen molar-refractivity contribution in [2.75, 3.05) is 0 Å². The summed E-state index contributed by atoms with van der Waals surface area (Å²) in [5, 5.41) is 0. The molecule has 0 spiro atoms. The SMILES string of the molecule is O=C(c1ccccc1)c1ccc([S-])cc1.[Na+]. The Kier molecular flexibility index (Phi) is 5.16. The Morgan fingerprint density at radius 1 is 0.812 bits per heavy atom. The average molecular weight is 236 g/mol. The van der Waals surface area contributed by atoms with E-state index in [1.807, 2.05) is 30.3 Å². The number of hydrogen-bond acceptors (Lipinski definition) is 2. The summed E-state index contributed by atoms with van der Waals surface area (Å²) in [4.78, 5) is 12.7. The summed E-state index contributed by atoms with van der Waals surface area (Å²) in [6, 6.07) is 16.3. The largest absolute Gasteiger partial charge is 1.00 e. The second kappa shape index (κ2) is 6.16. The molecular weight excluding hydrogens is 227 g/mol. The summed E-state index contributed by atoms with van der Waals surface area (Å²) >= 11 is 4.96. The summed E-state index contributed by atoms with van der Waals surface area (Å²) in [5.41, 5.74) is 1.38. The minimum atomic E-state index is 0. The van der Waals surface area contributed by atoms with Gasteiger partial charge in [0.25, 0.3) is 0 Å². The zero-order valence-corrected chi connectivity index (χ0v) is 11.8. The molecule has 0 fully saturated rings. The van der Waals surface area contributed by atoms with Crippen LogP contribution in [0.25, 0.3) is 0 Å². The molecule has 0 aromatic heterocycles.